The largest absolute Gasteiger partial charge is 0.508 e. The number of hydrogen-bond donors (Lipinski definition) is 5. The van der Waals surface area contributed by atoms with Gasteiger partial charge in [-0.25, -0.2) is 0 Å². The van der Waals surface area contributed by atoms with Gasteiger partial charge in [0.25, 0.3) is 0 Å². The van der Waals surface area contributed by atoms with Gasteiger partial charge in [-0.2, -0.15) is 0 Å². The summed E-state index contributed by atoms with van der Waals surface area (Å²) in [5, 5.41) is 49.2. The quantitative estimate of drug-likeness (QED) is 0.333. The first-order valence-corrected chi connectivity index (χ1v) is 10.3. The third-order valence-corrected chi connectivity index (χ3v) is 5.55. The molecule has 182 valence electrons. The van der Waals surface area contributed by atoms with Crippen molar-refractivity contribution in [3.8, 4) is 34.3 Å². The number of aliphatic hydroxyl groups excluding tert-OH is 4. The number of phenols is 1. The molecule has 0 aliphatic carbocycles. The Balaban J connectivity index is 1.81. The summed E-state index contributed by atoms with van der Waals surface area (Å²) in [6.07, 6.45) is -7.39. The van der Waals surface area contributed by atoms with Gasteiger partial charge in [0.1, 0.15) is 52.6 Å². The Kier molecular flexibility index (Phi) is 6.64. The molecule has 11 heteroatoms. The molecule has 1 aliphatic rings. The van der Waals surface area contributed by atoms with Crippen molar-refractivity contribution < 1.29 is 48.9 Å². The topological polar surface area (TPSA) is 168 Å². The van der Waals surface area contributed by atoms with Crippen LogP contribution in [0.5, 0.6) is 23.0 Å². The molecule has 0 spiro atoms. The molecule has 1 aromatic heterocycles. The Labute approximate surface area is 192 Å². The van der Waals surface area contributed by atoms with E-state index < -0.39 is 42.7 Å². The van der Waals surface area contributed by atoms with Crippen LogP contribution in [0.1, 0.15) is 0 Å². The van der Waals surface area contributed by atoms with E-state index in [1.54, 1.807) is 12.1 Å². The van der Waals surface area contributed by atoms with Gasteiger partial charge in [-0.1, -0.05) is 0 Å². The minimum atomic E-state index is -1.63. The summed E-state index contributed by atoms with van der Waals surface area (Å²) in [5.41, 5.74) is 0.0174. The van der Waals surface area contributed by atoms with Crippen LogP contribution in [0, 0.1) is 0 Å². The number of hydrogen-bond acceptors (Lipinski definition) is 11. The van der Waals surface area contributed by atoms with Crippen molar-refractivity contribution in [2.45, 2.75) is 30.7 Å². The Morgan fingerprint density at radius 2 is 1.68 bits per heavy atom. The molecule has 2 heterocycles. The van der Waals surface area contributed by atoms with Crippen molar-refractivity contribution in [1.29, 1.82) is 0 Å². The second-order valence-corrected chi connectivity index (χ2v) is 7.65. The maximum atomic E-state index is 13.2. The molecule has 0 radical (unpaired) electrons. The zero-order valence-electron chi connectivity index (χ0n) is 18.2. The number of phenolic OH excluding ortho intramolecular Hbond substituents is 1. The van der Waals surface area contributed by atoms with Crippen LogP contribution in [0.4, 0.5) is 0 Å². The number of methoxy groups -OCH3 is 2. The van der Waals surface area contributed by atoms with Crippen LogP contribution < -0.4 is 19.6 Å². The number of rotatable bonds is 6. The lowest BCUT2D eigenvalue weighted by molar-refractivity contribution is -0.277. The normalized spacial score (nSPS) is 24.7. The molecule has 0 bridgehead atoms. The van der Waals surface area contributed by atoms with Gasteiger partial charge in [-0.15, -0.1) is 0 Å². The van der Waals surface area contributed by atoms with E-state index in [-0.39, 0.29) is 39.7 Å². The van der Waals surface area contributed by atoms with E-state index in [0.29, 0.717) is 5.56 Å². The van der Waals surface area contributed by atoms with Crippen LogP contribution in [-0.2, 0) is 4.74 Å². The Morgan fingerprint density at radius 1 is 0.971 bits per heavy atom. The van der Waals surface area contributed by atoms with Gasteiger partial charge in [0.2, 0.25) is 17.5 Å². The first-order valence-electron chi connectivity index (χ1n) is 10.3. The van der Waals surface area contributed by atoms with Crippen molar-refractivity contribution in [3.05, 3.63) is 46.6 Å². The highest BCUT2D eigenvalue weighted by atomic mass is 16.7. The lowest BCUT2D eigenvalue weighted by atomic mass is 9.99. The SMILES string of the molecule is COc1c(-c2ccc(O)cc2)oc2cc(O[C@@H]3O[C@@H](CO)[C@@H](O)[C@H](O)[C@H]3O)cc(OC)c2c1=O. The molecule has 1 fully saturated rings. The lowest BCUT2D eigenvalue weighted by Crippen LogP contribution is -2.60. The maximum Gasteiger partial charge on any atom is 0.239 e. The molecule has 3 aromatic rings. The smallest absolute Gasteiger partial charge is 0.239 e. The Morgan fingerprint density at radius 3 is 2.29 bits per heavy atom. The highest BCUT2D eigenvalue weighted by molar-refractivity contribution is 5.88. The van der Waals surface area contributed by atoms with Gasteiger partial charge < -0.3 is 48.9 Å². The molecule has 0 saturated carbocycles. The minimum absolute atomic E-state index is 0.0303. The Hall–Kier alpha value is -3.35. The first-order chi connectivity index (χ1) is 16.3. The van der Waals surface area contributed by atoms with E-state index in [4.69, 9.17) is 23.4 Å². The zero-order valence-corrected chi connectivity index (χ0v) is 18.2. The predicted molar refractivity (Wildman–Crippen MR) is 117 cm³/mol. The summed E-state index contributed by atoms with van der Waals surface area (Å²) in [6.45, 7) is -0.615. The predicted octanol–water partition coefficient (Wildman–Crippen LogP) is 0.361. The molecular weight excluding hydrogens is 452 g/mol. The van der Waals surface area contributed by atoms with E-state index in [9.17, 15) is 30.3 Å². The molecule has 1 aliphatic heterocycles. The van der Waals surface area contributed by atoms with E-state index in [0.717, 1.165) is 0 Å². The first kappa shape index (κ1) is 23.8. The molecule has 5 N–H and O–H groups in total. The summed E-state index contributed by atoms with van der Waals surface area (Å²) < 4.78 is 27.7. The average molecular weight is 476 g/mol. The number of aromatic hydroxyl groups is 1. The van der Waals surface area contributed by atoms with Crippen molar-refractivity contribution in [3.63, 3.8) is 0 Å². The van der Waals surface area contributed by atoms with E-state index in [1.165, 1.54) is 38.5 Å². The second kappa shape index (κ2) is 9.49. The highest BCUT2D eigenvalue weighted by Gasteiger charge is 2.44. The molecule has 5 atom stereocenters. The monoisotopic (exact) mass is 476 g/mol. The fourth-order valence-corrected chi connectivity index (χ4v) is 3.76. The van der Waals surface area contributed by atoms with Crippen molar-refractivity contribution >= 4 is 11.0 Å². The van der Waals surface area contributed by atoms with Crippen molar-refractivity contribution in [2.75, 3.05) is 20.8 Å². The van der Waals surface area contributed by atoms with Gasteiger partial charge in [-0.3, -0.25) is 4.79 Å². The highest BCUT2D eigenvalue weighted by Crippen LogP contribution is 2.37. The molecule has 2 aromatic carbocycles. The van der Waals surface area contributed by atoms with Crippen LogP contribution >= 0.6 is 0 Å². The van der Waals surface area contributed by atoms with Gasteiger partial charge in [0.15, 0.2) is 5.76 Å². The van der Waals surface area contributed by atoms with Crippen LogP contribution in [0.3, 0.4) is 0 Å². The van der Waals surface area contributed by atoms with Crippen molar-refractivity contribution in [2.24, 2.45) is 0 Å². The fraction of sp³-hybridized carbons (Fsp3) is 0.348. The van der Waals surface area contributed by atoms with Crippen LogP contribution in [0.2, 0.25) is 0 Å². The molecule has 34 heavy (non-hydrogen) atoms. The fourth-order valence-electron chi connectivity index (χ4n) is 3.76. The van der Waals surface area contributed by atoms with Crippen molar-refractivity contribution in [1.82, 2.24) is 0 Å². The molecular formula is C23H24O11. The van der Waals surface area contributed by atoms with E-state index in [1.807, 2.05) is 0 Å². The number of aliphatic hydroxyl groups is 4. The lowest BCUT2D eigenvalue weighted by Gasteiger charge is -2.39. The molecule has 11 nitrogen and oxygen atoms in total. The molecule has 1 saturated heterocycles. The van der Waals surface area contributed by atoms with E-state index >= 15 is 0 Å². The maximum absolute atomic E-state index is 13.2. The summed E-state index contributed by atoms with van der Waals surface area (Å²) in [7, 11) is 2.66. The minimum Gasteiger partial charge on any atom is -0.508 e. The summed E-state index contributed by atoms with van der Waals surface area (Å²) in [4.78, 5) is 13.2. The summed E-state index contributed by atoms with van der Waals surface area (Å²) in [6, 6.07) is 8.68. The number of benzene rings is 2. The summed E-state index contributed by atoms with van der Waals surface area (Å²) in [5.74, 6) is 0.203. The van der Waals surface area contributed by atoms with Gasteiger partial charge >= 0.3 is 0 Å². The molecule has 4 rings (SSSR count). The standard InChI is InChI=1S/C23H24O11/c1-30-13-7-12(32-23-20(29)19(28)17(26)15(9-24)34-23)8-14-16(13)18(27)22(31-2)21(33-14)10-3-5-11(25)6-4-10/h3-8,15,17,19-20,23-26,28-29H,9H2,1-2H3/t15-,17+,19-,20+,23+/m0/s1. The second-order valence-electron chi connectivity index (χ2n) is 7.65. The average Bonchev–Trinajstić information content (AvgIpc) is 2.84. The third-order valence-electron chi connectivity index (χ3n) is 5.55. The van der Waals surface area contributed by atoms with Gasteiger partial charge in [-0.05, 0) is 24.3 Å². The molecule has 0 amide bonds. The van der Waals surface area contributed by atoms with Crippen LogP contribution in [0.15, 0.2) is 45.6 Å². The Bertz CT molecular complexity index is 1220. The zero-order chi connectivity index (χ0) is 24.6. The molecule has 0 unspecified atom stereocenters. The van der Waals surface area contributed by atoms with Crippen LogP contribution in [-0.4, -0.2) is 77.1 Å². The summed E-state index contributed by atoms with van der Waals surface area (Å²) >= 11 is 0. The van der Waals surface area contributed by atoms with E-state index in [2.05, 4.69) is 0 Å². The number of fused-ring (bicyclic) bond motifs is 1. The van der Waals surface area contributed by atoms with Gasteiger partial charge in [0.05, 0.1) is 20.8 Å². The number of ether oxygens (including phenoxy) is 4. The van der Waals surface area contributed by atoms with Crippen LogP contribution in [0.25, 0.3) is 22.3 Å². The van der Waals surface area contributed by atoms with Gasteiger partial charge in [0, 0.05) is 17.7 Å². The third kappa shape index (κ3) is 4.15.